The molecule has 9 nitrogen and oxygen atoms in total. The Labute approximate surface area is 190 Å². The van der Waals surface area contributed by atoms with E-state index in [4.69, 9.17) is 14.6 Å². The number of carboxylic acids is 1. The quantitative estimate of drug-likeness (QED) is 0.560. The number of carboxylic acid groups (broad SMARTS) is 1. The fourth-order valence-electron chi connectivity index (χ4n) is 3.88. The largest absolute Gasteiger partial charge is 0.493 e. The van der Waals surface area contributed by atoms with E-state index in [2.05, 4.69) is 15.1 Å². The molecule has 1 aliphatic rings. The molecule has 0 saturated heterocycles. The van der Waals surface area contributed by atoms with Crippen LogP contribution in [0.1, 0.15) is 42.9 Å². The summed E-state index contributed by atoms with van der Waals surface area (Å²) in [5, 5.41) is 15.0. The van der Waals surface area contributed by atoms with E-state index in [0.29, 0.717) is 17.9 Å². The van der Waals surface area contributed by atoms with Gasteiger partial charge < -0.3 is 14.6 Å². The van der Waals surface area contributed by atoms with Crippen molar-refractivity contribution in [2.75, 3.05) is 14.2 Å². The van der Waals surface area contributed by atoms with Gasteiger partial charge in [-0.15, -0.1) is 0 Å². The lowest BCUT2D eigenvalue weighted by Crippen LogP contribution is -2.27. The zero-order valence-corrected chi connectivity index (χ0v) is 18.4. The summed E-state index contributed by atoms with van der Waals surface area (Å²) >= 11 is 0. The second-order valence-corrected chi connectivity index (χ2v) is 7.63. The molecule has 9 heteroatoms. The molecule has 0 spiro atoms. The summed E-state index contributed by atoms with van der Waals surface area (Å²) in [5.74, 6) is 0.0203. The third-order valence-corrected chi connectivity index (χ3v) is 5.54. The van der Waals surface area contributed by atoms with Gasteiger partial charge in [0.1, 0.15) is 0 Å². The number of aromatic nitrogens is 2. The molecule has 3 aromatic rings. The topological polar surface area (TPSA) is 114 Å². The summed E-state index contributed by atoms with van der Waals surface area (Å²) in [6, 6.07) is 10.9. The first-order valence-electron chi connectivity index (χ1n) is 10.5. The molecule has 1 N–H and O–H groups in total. The maximum atomic E-state index is 13.0. The zero-order chi connectivity index (χ0) is 23.4. The first-order valence-corrected chi connectivity index (χ1v) is 10.5. The van der Waals surface area contributed by atoms with Crippen LogP contribution in [0.15, 0.2) is 53.9 Å². The maximum Gasteiger partial charge on any atom is 0.303 e. The van der Waals surface area contributed by atoms with E-state index in [-0.39, 0.29) is 31.2 Å². The number of amides is 1. The predicted octanol–water partition coefficient (Wildman–Crippen LogP) is 3.58. The van der Waals surface area contributed by atoms with E-state index in [1.165, 1.54) is 5.01 Å². The van der Waals surface area contributed by atoms with Gasteiger partial charge in [0.05, 0.1) is 37.0 Å². The van der Waals surface area contributed by atoms with Crippen molar-refractivity contribution in [1.29, 1.82) is 0 Å². The van der Waals surface area contributed by atoms with Crippen LogP contribution in [0.2, 0.25) is 0 Å². The van der Waals surface area contributed by atoms with E-state index in [0.717, 1.165) is 27.9 Å². The Morgan fingerprint density at radius 2 is 1.76 bits per heavy atom. The van der Waals surface area contributed by atoms with Gasteiger partial charge in [-0.1, -0.05) is 6.07 Å². The molecule has 4 rings (SSSR count). The Kier molecular flexibility index (Phi) is 6.48. The highest BCUT2D eigenvalue weighted by Gasteiger charge is 2.33. The molecule has 170 valence electrons. The van der Waals surface area contributed by atoms with Crippen LogP contribution >= 0.6 is 0 Å². The van der Waals surface area contributed by atoms with Gasteiger partial charge in [0.15, 0.2) is 11.5 Å². The van der Waals surface area contributed by atoms with Crippen molar-refractivity contribution in [3.05, 3.63) is 59.9 Å². The Bertz CT molecular complexity index is 1230. The first kappa shape index (κ1) is 22.2. The average Bonchev–Trinajstić information content (AvgIpc) is 3.28. The van der Waals surface area contributed by atoms with Crippen molar-refractivity contribution in [1.82, 2.24) is 15.0 Å². The van der Waals surface area contributed by atoms with Crippen LogP contribution in [0, 0.1) is 0 Å². The molecule has 2 aromatic carbocycles. The molecule has 0 aliphatic carbocycles. The van der Waals surface area contributed by atoms with E-state index in [1.54, 1.807) is 32.7 Å². The molecule has 0 radical (unpaired) electrons. The number of rotatable bonds is 8. The second-order valence-electron chi connectivity index (χ2n) is 7.63. The van der Waals surface area contributed by atoms with E-state index in [1.807, 2.05) is 30.3 Å². The van der Waals surface area contributed by atoms with E-state index in [9.17, 15) is 9.59 Å². The van der Waals surface area contributed by atoms with Crippen LogP contribution in [0.4, 0.5) is 0 Å². The molecule has 0 saturated carbocycles. The number of hydrogen-bond acceptors (Lipinski definition) is 7. The summed E-state index contributed by atoms with van der Waals surface area (Å²) < 4.78 is 10.7. The van der Waals surface area contributed by atoms with Crippen LogP contribution in [-0.2, 0) is 9.59 Å². The van der Waals surface area contributed by atoms with Crippen LogP contribution in [-0.4, -0.2) is 51.9 Å². The lowest BCUT2D eigenvalue weighted by atomic mass is 9.97. The highest BCUT2D eigenvalue weighted by atomic mass is 16.5. The number of carbonyl (C=O) groups excluding carboxylic acids is 1. The highest BCUT2D eigenvalue weighted by Crippen LogP contribution is 2.36. The fourth-order valence-corrected chi connectivity index (χ4v) is 3.88. The molecule has 2 heterocycles. The third kappa shape index (κ3) is 4.77. The predicted molar refractivity (Wildman–Crippen MR) is 121 cm³/mol. The molecule has 1 aromatic heterocycles. The van der Waals surface area contributed by atoms with Crippen molar-refractivity contribution < 1.29 is 24.2 Å². The molecule has 0 unspecified atom stereocenters. The Hall–Kier alpha value is -4.01. The smallest absolute Gasteiger partial charge is 0.303 e. The lowest BCUT2D eigenvalue weighted by molar-refractivity contribution is -0.137. The zero-order valence-electron chi connectivity index (χ0n) is 18.4. The van der Waals surface area contributed by atoms with Gasteiger partial charge in [-0.3, -0.25) is 19.6 Å². The van der Waals surface area contributed by atoms with Gasteiger partial charge in [-0.25, -0.2) is 5.01 Å². The minimum atomic E-state index is -0.927. The molecule has 1 atom stereocenters. The molecule has 1 amide bonds. The van der Waals surface area contributed by atoms with Crippen LogP contribution in [0.5, 0.6) is 11.5 Å². The van der Waals surface area contributed by atoms with E-state index >= 15 is 0 Å². The molecule has 33 heavy (non-hydrogen) atoms. The lowest BCUT2D eigenvalue weighted by Gasteiger charge is -2.22. The van der Waals surface area contributed by atoms with Gasteiger partial charge in [-0.05, 0) is 42.3 Å². The molecule has 0 bridgehead atoms. The maximum absolute atomic E-state index is 13.0. The summed E-state index contributed by atoms with van der Waals surface area (Å²) in [5.41, 5.74) is 3.92. The average molecular weight is 448 g/mol. The van der Waals surface area contributed by atoms with Gasteiger partial charge in [-0.2, -0.15) is 5.10 Å². The fraction of sp³-hybridized carbons (Fsp3) is 0.292. The first-order chi connectivity index (χ1) is 16.0. The number of methoxy groups -OCH3 is 2. The van der Waals surface area contributed by atoms with Gasteiger partial charge in [0.2, 0.25) is 5.91 Å². The van der Waals surface area contributed by atoms with Crippen molar-refractivity contribution in [2.24, 2.45) is 5.10 Å². The van der Waals surface area contributed by atoms with Crippen molar-refractivity contribution in [3.8, 4) is 11.5 Å². The number of hydrazone groups is 1. The van der Waals surface area contributed by atoms with Gasteiger partial charge in [0, 0.05) is 37.2 Å². The van der Waals surface area contributed by atoms with Crippen LogP contribution < -0.4 is 9.47 Å². The standard InChI is InChI=1S/C24H24N4O5/c1-32-21-9-7-15(13-22(21)33-2)18-14-20(28(27-18)23(29)4-3-5-24(30)31)16-6-8-17-19(12-16)26-11-10-25-17/h6-13,20H,3-5,14H2,1-2H3,(H,30,31)/t20-/m0/s1. The molecular weight excluding hydrogens is 424 g/mol. The van der Waals surface area contributed by atoms with Crippen molar-refractivity contribution in [2.45, 2.75) is 31.7 Å². The molecule has 1 aliphatic heterocycles. The Morgan fingerprint density at radius 3 is 2.48 bits per heavy atom. The number of nitrogens with zero attached hydrogens (tertiary/aromatic N) is 4. The number of benzene rings is 2. The van der Waals surface area contributed by atoms with E-state index < -0.39 is 5.97 Å². The summed E-state index contributed by atoms with van der Waals surface area (Å²) in [7, 11) is 3.13. The van der Waals surface area contributed by atoms with Crippen molar-refractivity contribution in [3.63, 3.8) is 0 Å². The minimum Gasteiger partial charge on any atom is -0.493 e. The normalized spacial score (nSPS) is 15.4. The van der Waals surface area contributed by atoms with Crippen molar-refractivity contribution >= 4 is 28.6 Å². The number of carbonyl (C=O) groups is 2. The Balaban J connectivity index is 1.67. The third-order valence-electron chi connectivity index (χ3n) is 5.54. The van der Waals surface area contributed by atoms with Crippen LogP contribution in [0.25, 0.3) is 11.0 Å². The van der Waals surface area contributed by atoms with Gasteiger partial charge in [0.25, 0.3) is 0 Å². The van der Waals surface area contributed by atoms with Gasteiger partial charge >= 0.3 is 5.97 Å². The number of ether oxygens (including phenoxy) is 2. The minimum absolute atomic E-state index is 0.0674. The Morgan fingerprint density at radius 1 is 1.00 bits per heavy atom. The monoisotopic (exact) mass is 448 g/mol. The molecular formula is C24H24N4O5. The second kappa shape index (κ2) is 9.64. The van der Waals surface area contributed by atoms with Crippen LogP contribution in [0.3, 0.4) is 0 Å². The number of hydrogen-bond donors (Lipinski definition) is 1. The molecule has 0 fully saturated rings. The SMILES string of the molecule is COc1ccc(C2=NN(C(=O)CCCC(=O)O)[C@H](c3ccc4nccnc4c3)C2)cc1OC. The number of fused-ring (bicyclic) bond motifs is 1. The summed E-state index contributed by atoms with van der Waals surface area (Å²) in [6.07, 6.45) is 4.03. The number of aliphatic carboxylic acids is 1. The summed E-state index contributed by atoms with van der Waals surface area (Å²) in [4.78, 5) is 32.6. The highest BCUT2D eigenvalue weighted by molar-refractivity contribution is 6.03. The summed E-state index contributed by atoms with van der Waals surface area (Å²) in [6.45, 7) is 0.